The van der Waals surface area contributed by atoms with Gasteiger partial charge in [-0.3, -0.25) is 0 Å². The number of benzene rings is 1. The fraction of sp³-hybridized carbons (Fsp3) is 0. The summed E-state index contributed by atoms with van der Waals surface area (Å²) in [5.74, 6) is 0. The van der Waals surface area contributed by atoms with E-state index in [1.54, 1.807) is 0 Å². The van der Waals surface area contributed by atoms with Gasteiger partial charge in [0, 0.05) is 22.3 Å². The van der Waals surface area contributed by atoms with E-state index >= 15 is 0 Å². The zero-order valence-electron chi connectivity index (χ0n) is 8.47. The summed E-state index contributed by atoms with van der Waals surface area (Å²) in [6, 6.07) is 14.2. The molecule has 1 aromatic carbocycles. The summed E-state index contributed by atoms with van der Waals surface area (Å²) in [5.41, 5.74) is 2.09. The molecule has 0 bridgehead atoms. The maximum absolute atomic E-state index is 4.40. The topological polar surface area (TPSA) is 17.8 Å². The molecular formula is C13H9BrN2. The minimum absolute atomic E-state index is 0.981. The number of para-hydroxylation sites is 1. The van der Waals surface area contributed by atoms with E-state index in [-0.39, 0.29) is 0 Å². The first-order chi connectivity index (χ1) is 7.86. The van der Waals surface area contributed by atoms with Crippen LogP contribution < -0.4 is 0 Å². The first-order valence-electron chi connectivity index (χ1n) is 5.03. The highest BCUT2D eigenvalue weighted by atomic mass is 79.9. The lowest BCUT2D eigenvalue weighted by atomic mass is 10.3. The van der Waals surface area contributed by atoms with Crippen molar-refractivity contribution in [1.82, 2.24) is 9.55 Å². The molecule has 16 heavy (non-hydrogen) atoms. The van der Waals surface area contributed by atoms with Crippen LogP contribution >= 0.6 is 15.9 Å². The van der Waals surface area contributed by atoms with Gasteiger partial charge in [-0.25, -0.2) is 4.98 Å². The molecule has 78 valence electrons. The average molecular weight is 273 g/mol. The lowest BCUT2D eigenvalue weighted by molar-refractivity contribution is 1.08. The van der Waals surface area contributed by atoms with Gasteiger partial charge in [0.25, 0.3) is 0 Å². The van der Waals surface area contributed by atoms with Crippen molar-refractivity contribution in [2.75, 3.05) is 0 Å². The second-order valence-corrected chi connectivity index (χ2v) is 4.41. The summed E-state index contributed by atoms with van der Waals surface area (Å²) in [6.07, 6.45) is 3.85. The van der Waals surface area contributed by atoms with Gasteiger partial charge in [-0.05, 0) is 46.3 Å². The van der Waals surface area contributed by atoms with E-state index in [9.17, 15) is 0 Å². The minimum Gasteiger partial charge on any atom is -0.300 e. The molecule has 0 atom stereocenters. The SMILES string of the molecule is Brc1ccccc1-n1ccc2cccnc21. The molecule has 0 fully saturated rings. The number of aromatic nitrogens is 2. The van der Waals surface area contributed by atoms with Crippen molar-refractivity contribution in [2.45, 2.75) is 0 Å². The van der Waals surface area contributed by atoms with Gasteiger partial charge in [0.15, 0.2) is 0 Å². The summed E-state index contributed by atoms with van der Waals surface area (Å²) < 4.78 is 3.15. The molecule has 0 spiro atoms. The maximum Gasteiger partial charge on any atom is 0.144 e. The Kier molecular flexibility index (Phi) is 2.26. The normalized spacial score (nSPS) is 10.8. The molecule has 3 rings (SSSR count). The third-order valence-corrected chi connectivity index (χ3v) is 3.23. The maximum atomic E-state index is 4.40. The standard InChI is InChI=1S/C13H9BrN2/c14-11-5-1-2-6-12(11)16-9-7-10-4-3-8-15-13(10)16/h1-9H. The van der Waals surface area contributed by atoms with Crippen molar-refractivity contribution in [3.8, 4) is 5.69 Å². The van der Waals surface area contributed by atoms with Crippen LogP contribution in [0.25, 0.3) is 16.7 Å². The van der Waals surface area contributed by atoms with Crippen LogP contribution in [0, 0.1) is 0 Å². The molecule has 0 saturated heterocycles. The monoisotopic (exact) mass is 272 g/mol. The van der Waals surface area contributed by atoms with E-state index in [0.29, 0.717) is 0 Å². The number of fused-ring (bicyclic) bond motifs is 1. The second kappa shape index (κ2) is 3.76. The van der Waals surface area contributed by atoms with E-state index in [1.165, 1.54) is 0 Å². The molecule has 0 aliphatic rings. The Hall–Kier alpha value is -1.61. The quantitative estimate of drug-likeness (QED) is 0.659. The van der Waals surface area contributed by atoms with Crippen LogP contribution in [0.5, 0.6) is 0 Å². The predicted octanol–water partition coefficient (Wildman–Crippen LogP) is 3.79. The molecule has 0 radical (unpaired) electrons. The van der Waals surface area contributed by atoms with Gasteiger partial charge in [-0.15, -0.1) is 0 Å². The molecular weight excluding hydrogens is 264 g/mol. The summed E-state index contributed by atoms with van der Waals surface area (Å²) in [5, 5.41) is 1.15. The number of hydrogen-bond acceptors (Lipinski definition) is 1. The van der Waals surface area contributed by atoms with E-state index in [2.05, 4.69) is 43.7 Å². The molecule has 2 nitrogen and oxygen atoms in total. The van der Waals surface area contributed by atoms with Crippen LogP contribution in [-0.2, 0) is 0 Å². The summed E-state index contributed by atoms with van der Waals surface area (Å²) in [6.45, 7) is 0. The fourth-order valence-corrected chi connectivity index (χ4v) is 2.28. The highest BCUT2D eigenvalue weighted by molar-refractivity contribution is 9.10. The Morgan fingerprint density at radius 2 is 1.88 bits per heavy atom. The van der Waals surface area contributed by atoms with Crippen molar-refractivity contribution in [2.24, 2.45) is 0 Å². The molecule has 3 heteroatoms. The molecule has 2 heterocycles. The van der Waals surface area contributed by atoms with Crippen LogP contribution in [0.3, 0.4) is 0 Å². The van der Waals surface area contributed by atoms with Gasteiger partial charge >= 0.3 is 0 Å². The van der Waals surface area contributed by atoms with Crippen molar-refractivity contribution in [3.05, 3.63) is 59.3 Å². The first kappa shape index (κ1) is 9.60. The number of pyridine rings is 1. The Labute approximate surface area is 102 Å². The average Bonchev–Trinajstić information content (AvgIpc) is 2.74. The number of rotatable bonds is 1. The van der Waals surface area contributed by atoms with Crippen molar-refractivity contribution in [3.63, 3.8) is 0 Å². The van der Waals surface area contributed by atoms with Crippen LogP contribution in [0.1, 0.15) is 0 Å². The highest BCUT2D eigenvalue weighted by Gasteiger charge is 2.05. The number of hydrogen-bond donors (Lipinski definition) is 0. The largest absolute Gasteiger partial charge is 0.300 e. The van der Waals surface area contributed by atoms with Gasteiger partial charge in [0.05, 0.1) is 5.69 Å². The minimum atomic E-state index is 0.981. The van der Waals surface area contributed by atoms with Crippen LogP contribution in [0.4, 0.5) is 0 Å². The van der Waals surface area contributed by atoms with Crippen LogP contribution in [0.2, 0.25) is 0 Å². The molecule has 2 aromatic heterocycles. The Morgan fingerprint density at radius 3 is 2.75 bits per heavy atom. The molecule has 3 aromatic rings. The van der Waals surface area contributed by atoms with Gasteiger partial charge in [0.2, 0.25) is 0 Å². The van der Waals surface area contributed by atoms with Crippen molar-refractivity contribution in [1.29, 1.82) is 0 Å². The van der Waals surface area contributed by atoms with Gasteiger partial charge in [-0.1, -0.05) is 12.1 Å². The van der Waals surface area contributed by atoms with E-state index in [1.807, 2.05) is 36.7 Å². The van der Waals surface area contributed by atoms with E-state index in [0.717, 1.165) is 21.2 Å². The fourth-order valence-electron chi connectivity index (χ4n) is 1.81. The molecule has 0 unspecified atom stereocenters. The second-order valence-electron chi connectivity index (χ2n) is 3.55. The molecule has 0 N–H and O–H groups in total. The van der Waals surface area contributed by atoms with Gasteiger partial charge in [-0.2, -0.15) is 0 Å². The Bertz CT molecular complexity index is 643. The van der Waals surface area contributed by atoms with Crippen molar-refractivity contribution >= 4 is 27.0 Å². The lowest BCUT2D eigenvalue weighted by Crippen LogP contribution is -1.94. The number of nitrogens with zero attached hydrogens (tertiary/aromatic N) is 2. The summed E-state index contributed by atoms with van der Waals surface area (Å²) in [7, 11) is 0. The molecule has 0 aliphatic carbocycles. The third-order valence-electron chi connectivity index (χ3n) is 2.56. The lowest BCUT2D eigenvalue weighted by Gasteiger charge is -2.06. The summed E-state index contributed by atoms with van der Waals surface area (Å²) >= 11 is 3.55. The van der Waals surface area contributed by atoms with Gasteiger partial charge in [0.1, 0.15) is 5.65 Å². The first-order valence-corrected chi connectivity index (χ1v) is 5.82. The number of halogens is 1. The van der Waals surface area contributed by atoms with E-state index in [4.69, 9.17) is 0 Å². The molecule has 0 aliphatic heterocycles. The third kappa shape index (κ3) is 1.44. The van der Waals surface area contributed by atoms with E-state index < -0.39 is 0 Å². The zero-order valence-corrected chi connectivity index (χ0v) is 10.1. The van der Waals surface area contributed by atoms with Crippen LogP contribution in [-0.4, -0.2) is 9.55 Å². The Morgan fingerprint density at radius 1 is 1.00 bits per heavy atom. The predicted molar refractivity (Wildman–Crippen MR) is 68.8 cm³/mol. The zero-order chi connectivity index (χ0) is 11.0. The highest BCUT2D eigenvalue weighted by Crippen LogP contribution is 2.24. The van der Waals surface area contributed by atoms with Gasteiger partial charge < -0.3 is 4.57 Å². The van der Waals surface area contributed by atoms with Crippen molar-refractivity contribution < 1.29 is 0 Å². The Balaban J connectivity index is 2.31. The van der Waals surface area contributed by atoms with Crippen LogP contribution in [0.15, 0.2) is 59.3 Å². The molecule has 0 amide bonds. The smallest absolute Gasteiger partial charge is 0.144 e. The summed E-state index contributed by atoms with van der Waals surface area (Å²) in [4.78, 5) is 4.40. The molecule has 0 saturated carbocycles.